The first kappa shape index (κ1) is 16.3. The Balaban J connectivity index is 1.55. The summed E-state index contributed by atoms with van der Waals surface area (Å²) in [6.07, 6.45) is -1.04. The van der Waals surface area contributed by atoms with E-state index in [0.717, 1.165) is 13.1 Å². The number of ether oxygens (including phenoxy) is 1. The van der Waals surface area contributed by atoms with Gasteiger partial charge in [-0.15, -0.1) is 0 Å². The SMILES string of the molecule is O=C(C1CN(Cc2ccccc2)CCO1)N1CCC(F)(F)CC1. The molecule has 1 unspecified atom stereocenters. The minimum atomic E-state index is -2.64. The Hall–Kier alpha value is -1.53. The molecular formula is C17H22F2N2O2. The topological polar surface area (TPSA) is 32.8 Å². The molecule has 0 radical (unpaired) electrons. The minimum absolute atomic E-state index is 0.115. The van der Waals surface area contributed by atoms with Crippen LogP contribution >= 0.6 is 0 Å². The molecule has 2 heterocycles. The lowest BCUT2D eigenvalue weighted by molar-refractivity contribution is -0.155. The maximum atomic E-state index is 13.2. The molecular weight excluding hydrogens is 302 g/mol. The van der Waals surface area contributed by atoms with Gasteiger partial charge in [0.15, 0.2) is 0 Å². The quantitative estimate of drug-likeness (QED) is 0.854. The van der Waals surface area contributed by atoms with E-state index in [9.17, 15) is 13.6 Å². The molecule has 126 valence electrons. The number of amides is 1. The van der Waals surface area contributed by atoms with E-state index in [4.69, 9.17) is 4.74 Å². The monoisotopic (exact) mass is 324 g/mol. The molecule has 1 atom stereocenters. The number of nitrogens with zero attached hydrogens (tertiary/aromatic N) is 2. The fraction of sp³-hybridized carbons (Fsp3) is 0.588. The molecule has 0 N–H and O–H groups in total. The molecule has 0 bridgehead atoms. The summed E-state index contributed by atoms with van der Waals surface area (Å²) >= 11 is 0. The Morgan fingerprint density at radius 3 is 2.57 bits per heavy atom. The molecule has 1 aromatic carbocycles. The normalized spacial score (nSPS) is 25.3. The number of alkyl halides is 2. The van der Waals surface area contributed by atoms with Gasteiger partial charge in [0.2, 0.25) is 0 Å². The lowest BCUT2D eigenvalue weighted by Crippen LogP contribution is -2.53. The van der Waals surface area contributed by atoms with Crippen LogP contribution in [0, 0.1) is 0 Å². The second-order valence-electron chi connectivity index (χ2n) is 6.26. The van der Waals surface area contributed by atoms with Gasteiger partial charge in [-0.25, -0.2) is 8.78 Å². The van der Waals surface area contributed by atoms with Gasteiger partial charge in [-0.05, 0) is 5.56 Å². The molecule has 0 spiro atoms. The Kier molecular flexibility index (Phi) is 4.92. The average molecular weight is 324 g/mol. The van der Waals surface area contributed by atoms with Gasteiger partial charge < -0.3 is 9.64 Å². The van der Waals surface area contributed by atoms with Crippen molar-refractivity contribution < 1.29 is 18.3 Å². The maximum absolute atomic E-state index is 13.2. The van der Waals surface area contributed by atoms with Gasteiger partial charge in [-0.1, -0.05) is 30.3 Å². The highest BCUT2D eigenvalue weighted by Crippen LogP contribution is 2.28. The van der Waals surface area contributed by atoms with Gasteiger partial charge >= 0.3 is 0 Å². The number of carbonyl (C=O) groups is 1. The Morgan fingerprint density at radius 1 is 1.17 bits per heavy atom. The summed E-state index contributed by atoms with van der Waals surface area (Å²) in [6, 6.07) is 10.1. The molecule has 2 saturated heterocycles. The first-order valence-electron chi connectivity index (χ1n) is 8.08. The van der Waals surface area contributed by atoms with E-state index in [2.05, 4.69) is 17.0 Å². The van der Waals surface area contributed by atoms with Crippen LogP contribution in [0.3, 0.4) is 0 Å². The van der Waals surface area contributed by atoms with Crippen LogP contribution in [-0.4, -0.2) is 60.5 Å². The summed E-state index contributed by atoms with van der Waals surface area (Å²) in [5.41, 5.74) is 1.19. The van der Waals surface area contributed by atoms with Crippen molar-refractivity contribution in [3.8, 4) is 0 Å². The van der Waals surface area contributed by atoms with Crippen molar-refractivity contribution in [3.05, 3.63) is 35.9 Å². The van der Waals surface area contributed by atoms with E-state index in [0.29, 0.717) is 13.2 Å². The zero-order valence-electron chi connectivity index (χ0n) is 13.1. The highest BCUT2D eigenvalue weighted by atomic mass is 19.3. The van der Waals surface area contributed by atoms with Crippen molar-refractivity contribution in [3.63, 3.8) is 0 Å². The zero-order valence-corrected chi connectivity index (χ0v) is 13.1. The third kappa shape index (κ3) is 4.26. The standard InChI is InChI=1S/C17H22F2N2O2/c18-17(19)6-8-21(9-7-17)16(22)15-13-20(10-11-23-15)12-14-4-2-1-3-5-14/h1-5,15H,6-13H2. The minimum Gasteiger partial charge on any atom is -0.366 e. The second kappa shape index (κ2) is 6.93. The highest BCUT2D eigenvalue weighted by molar-refractivity contribution is 5.81. The van der Waals surface area contributed by atoms with E-state index >= 15 is 0 Å². The summed E-state index contributed by atoms with van der Waals surface area (Å²) < 4.78 is 32.0. The van der Waals surface area contributed by atoms with E-state index in [1.165, 1.54) is 10.5 Å². The number of hydrogen-bond acceptors (Lipinski definition) is 3. The summed E-state index contributed by atoms with van der Waals surface area (Å²) in [7, 11) is 0. The van der Waals surface area contributed by atoms with Gasteiger partial charge in [0.05, 0.1) is 6.61 Å². The molecule has 0 aromatic heterocycles. The summed E-state index contributed by atoms with van der Waals surface area (Å²) in [4.78, 5) is 16.2. The molecule has 1 amide bonds. The zero-order chi connectivity index (χ0) is 16.3. The number of halogens is 2. The Labute approximate surface area is 135 Å². The largest absolute Gasteiger partial charge is 0.366 e. The lowest BCUT2D eigenvalue weighted by Gasteiger charge is -2.37. The van der Waals surface area contributed by atoms with E-state index in [-0.39, 0.29) is 31.8 Å². The second-order valence-corrected chi connectivity index (χ2v) is 6.26. The van der Waals surface area contributed by atoms with Crippen molar-refractivity contribution >= 4 is 5.91 Å². The van der Waals surface area contributed by atoms with Crippen molar-refractivity contribution in [2.75, 3.05) is 32.8 Å². The molecule has 2 aliphatic rings. The van der Waals surface area contributed by atoms with Gasteiger partial charge in [-0.3, -0.25) is 9.69 Å². The summed E-state index contributed by atoms with van der Waals surface area (Å²) in [6.45, 7) is 2.78. The lowest BCUT2D eigenvalue weighted by atomic mass is 10.1. The number of likely N-dealkylation sites (tertiary alicyclic amines) is 1. The Bertz CT molecular complexity index is 529. The molecule has 3 rings (SSSR count). The van der Waals surface area contributed by atoms with Crippen LogP contribution in [-0.2, 0) is 16.1 Å². The predicted octanol–water partition coefficient (Wildman–Crippen LogP) is 2.15. The molecule has 6 heteroatoms. The van der Waals surface area contributed by atoms with Gasteiger partial charge in [0.1, 0.15) is 6.10 Å². The number of piperidine rings is 1. The van der Waals surface area contributed by atoms with E-state index in [1.807, 2.05) is 18.2 Å². The van der Waals surface area contributed by atoms with Crippen molar-refractivity contribution in [2.45, 2.75) is 31.4 Å². The predicted molar refractivity (Wildman–Crippen MR) is 82.2 cm³/mol. The van der Waals surface area contributed by atoms with Gasteiger partial charge in [0, 0.05) is 45.6 Å². The van der Waals surface area contributed by atoms with Crippen molar-refractivity contribution in [1.29, 1.82) is 0 Å². The van der Waals surface area contributed by atoms with Crippen LogP contribution < -0.4 is 0 Å². The van der Waals surface area contributed by atoms with Crippen LogP contribution in [0.1, 0.15) is 18.4 Å². The molecule has 4 nitrogen and oxygen atoms in total. The third-order valence-corrected chi connectivity index (χ3v) is 4.48. The fourth-order valence-electron chi connectivity index (χ4n) is 3.10. The van der Waals surface area contributed by atoms with Gasteiger partial charge in [0.25, 0.3) is 11.8 Å². The van der Waals surface area contributed by atoms with Crippen LogP contribution in [0.5, 0.6) is 0 Å². The Morgan fingerprint density at radius 2 is 1.87 bits per heavy atom. The summed E-state index contributed by atoms with van der Waals surface area (Å²) in [5, 5.41) is 0. The van der Waals surface area contributed by atoms with Crippen molar-refractivity contribution in [2.24, 2.45) is 0 Å². The number of rotatable bonds is 3. The summed E-state index contributed by atoms with van der Waals surface area (Å²) in [5.74, 6) is -2.79. The first-order chi connectivity index (χ1) is 11.0. The van der Waals surface area contributed by atoms with Crippen LogP contribution in [0.25, 0.3) is 0 Å². The molecule has 2 aliphatic heterocycles. The van der Waals surface area contributed by atoms with Gasteiger partial charge in [-0.2, -0.15) is 0 Å². The molecule has 0 aliphatic carbocycles. The molecule has 2 fully saturated rings. The maximum Gasteiger partial charge on any atom is 0.253 e. The number of carbonyl (C=O) groups excluding carboxylic acids is 1. The molecule has 0 saturated carbocycles. The third-order valence-electron chi connectivity index (χ3n) is 4.48. The highest BCUT2D eigenvalue weighted by Gasteiger charge is 2.38. The number of hydrogen-bond donors (Lipinski definition) is 0. The van der Waals surface area contributed by atoms with E-state index < -0.39 is 12.0 Å². The fourth-order valence-corrected chi connectivity index (χ4v) is 3.10. The number of benzene rings is 1. The molecule has 1 aromatic rings. The van der Waals surface area contributed by atoms with Crippen LogP contribution in [0.15, 0.2) is 30.3 Å². The average Bonchev–Trinajstić information content (AvgIpc) is 2.55. The molecule has 23 heavy (non-hydrogen) atoms. The van der Waals surface area contributed by atoms with E-state index in [1.54, 1.807) is 0 Å². The van der Waals surface area contributed by atoms with Crippen LogP contribution in [0.2, 0.25) is 0 Å². The number of morpholine rings is 1. The smallest absolute Gasteiger partial charge is 0.253 e. The first-order valence-corrected chi connectivity index (χ1v) is 8.08. The van der Waals surface area contributed by atoms with Crippen molar-refractivity contribution in [1.82, 2.24) is 9.80 Å². The van der Waals surface area contributed by atoms with Crippen LogP contribution in [0.4, 0.5) is 8.78 Å².